The molecule has 27 heavy (non-hydrogen) atoms. The predicted molar refractivity (Wildman–Crippen MR) is 105 cm³/mol. The Hall–Kier alpha value is -3.21. The largest absolute Gasteiger partial charge is 0.497 e. The van der Waals surface area contributed by atoms with E-state index in [1.165, 1.54) is 0 Å². The van der Waals surface area contributed by atoms with Gasteiger partial charge in [0, 0.05) is 12.5 Å². The molecule has 0 aliphatic carbocycles. The van der Waals surface area contributed by atoms with Gasteiger partial charge in [-0.3, -0.25) is 4.79 Å². The number of aryl methyl sites for hydroxylation is 1. The van der Waals surface area contributed by atoms with Gasteiger partial charge in [-0.05, 0) is 36.8 Å². The average Bonchev–Trinajstić information content (AvgIpc) is 3.20. The van der Waals surface area contributed by atoms with Crippen LogP contribution >= 0.6 is 0 Å². The average molecular weight is 365 g/mol. The summed E-state index contributed by atoms with van der Waals surface area (Å²) in [5.74, 6) is 1.46. The molecule has 0 bridgehead atoms. The van der Waals surface area contributed by atoms with Crippen molar-refractivity contribution in [3.8, 4) is 11.5 Å². The molecule has 3 rings (SSSR count). The van der Waals surface area contributed by atoms with Crippen LogP contribution in [0.25, 0.3) is 0 Å². The lowest BCUT2D eigenvalue weighted by Crippen LogP contribution is -2.23. The van der Waals surface area contributed by atoms with Crippen molar-refractivity contribution in [1.29, 1.82) is 0 Å². The minimum atomic E-state index is -0.386. The van der Waals surface area contributed by atoms with Crippen molar-refractivity contribution >= 4 is 11.6 Å². The molecular formula is C22H23NO4. The highest BCUT2D eigenvalue weighted by Crippen LogP contribution is 2.31. The normalized spacial score (nSPS) is 11.7. The van der Waals surface area contributed by atoms with Crippen LogP contribution in [0.5, 0.6) is 11.5 Å². The predicted octanol–water partition coefficient (Wildman–Crippen LogP) is 4.57. The zero-order valence-electron chi connectivity index (χ0n) is 15.7. The Morgan fingerprint density at radius 1 is 1.07 bits per heavy atom. The van der Waals surface area contributed by atoms with Gasteiger partial charge in [0.15, 0.2) is 0 Å². The van der Waals surface area contributed by atoms with Crippen LogP contribution in [-0.2, 0) is 11.2 Å². The highest BCUT2D eigenvalue weighted by molar-refractivity contribution is 5.97. The molecular weight excluding hydrogens is 342 g/mol. The molecule has 0 spiro atoms. The van der Waals surface area contributed by atoms with Gasteiger partial charge in [0.25, 0.3) is 0 Å². The standard InChI is InChI=1S/C22H23NO4/c1-15-6-8-16(9-7-15)19(13-18-5-4-12-27-18)22(24)23-20-11-10-17(25-2)14-21(20)26-3/h4-12,14,19H,13H2,1-3H3,(H,23,24). The number of ether oxygens (including phenoxy) is 2. The number of hydrogen-bond donors (Lipinski definition) is 1. The number of amides is 1. The highest BCUT2D eigenvalue weighted by Gasteiger charge is 2.23. The number of methoxy groups -OCH3 is 2. The molecule has 1 aromatic heterocycles. The molecule has 140 valence electrons. The van der Waals surface area contributed by atoms with Gasteiger partial charge in [-0.25, -0.2) is 0 Å². The Morgan fingerprint density at radius 2 is 1.85 bits per heavy atom. The number of carbonyl (C=O) groups is 1. The summed E-state index contributed by atoms with van der Waals surface area (Å²) in [4.78, 5) is 13.1. The molecule has 0 saturated heterocycles. The number of furan rings is 1. The maximum Gasteiger partial charge on any atom is 0.232 e. The van der Waals surface area contributed by atoms with Crippen LogP contribution in [-0.4, -0.2) is 20.1 Å². The smallest absolute Gasteiger partial charge is 0.232 e. The summed E-state index contributed by atoms with van der Waals surface area (Å²) < 4.78 is 16.1. The highest BCUT2D eigenvalue weighted by atomic mass is 16.5. The number of carbonyl (C=O) groups excluding carboxylic acids is 1. The lowest BCUT2D eigenvalue weighted by atomic mass is 9.93. The van der Waals surface area contributed by atoms with E-state index in [0.29, 0.717) is 23.6 Å². The van der Waals surface area contributed by atoms with E-state index in [1.54, 1.807) is 38.7 Å². The molecule has 0 saturated carbocycles. The minimum absolute atomic E-state index is 0.126. The Bertz CT molecular complexity index is 885. The first-order valence-electron chi connectivity index (χ1n) is 8.72. The van der Waals surface area contributed by atoms with Gasteiger partial charge < -0.3 is 19.2 Å². The van der Waals surface area contributed by atoms with Crippen molar-refractivity contribution < 1.29 is 18.7 Å². The summed E-state index contributed by atoms with van der Waals surface area (Å²) in [5.41, 5.74) is 2.68. The Kier molecular flexibility index (Phi) is 5.81. The number of hydrogen-bond acceptors (Lipinski definition) is 4. The molecule has 1 N–H and O–H groups in total. The second-order valence-corrected chi connectivity index (χ2v) is 6.30. The molecule has 1 amide bonds. The van der Waals surface area contributed by atoms with Gasteiger partial charge in [0.2, 0.25) is 5.91 Å². The van der Waals surface area contributed by atoms with E-state index >= 15 is 0 Å². The molecule has 1 atom stereocenters. The maximum absolute atomic E-state index is 13.1. The van der Waals surface area contributed by atoms with Crippen molar-refractivity contribution in [3.05, 3.63) is 77.7 Å². The third kappa shape index (κ3) is 4.50. The summed E-state index contributed by atoms with van der Waals surface area (Å²) in [6.07, 6.45) is 2.09. The van der Waals surface area contributed by atoms with Crippen LogP contribution in [0.15, 0.2) is 65.3 Å². The lowest BCUT2D eigenvalue weighted by molar-refractivity contribution is -0.117. The van der Waals surface area contributed by atoms with Crippen molar-refractivity contribution in [2.75, 3.05) is 19.5 Å². The molecule has 0 fully saturated rings. The van der Waals surface area contributed by atoms with E-state index in [1.807, 2.05) is 43.3 Å². The van der Waals surface area contributed by atoms with Gasteiger partial charge in [-0.15, -0.1) is 0 Å². The molecule has 0 aliphatic rings. The van der Waals surface area contributed by atoms with Gasteiger partial charge in [-0.1, -0.05) is 29.8 Å². The first-order valence-corrected chi connectivity index (χ1v) is 8.72. The van der Waals surface area contributed by atoms with E-state index in [9.17, 15) is 4.79 Å². The van der Waals surface area contributed by atoms with Crippen molar-refractivity contribution in [1.82, 2.24) is 0 Å². The lowest BCUT2D eigenvalue weighted by Gasteiger charge is -2.18. The molecule has 1 heterocycles. The minimum Gasteiger partial charge on any atom is -0.497 e. The summed E-state index contributed by atoms with van der Waals surface area (Å²) in [6.45, 7) is 2.02. The van der Waals surface area contributed by atoms with Gasteiger partial charge in [0.1, 0.15) is 17.3 Å². The summed E-state index contributed by atoms with van der Waals surface area (Å²) in [7, 11) is 3.15. The summed E-state index contributed by atoms with van der Waals surface area (Å²) in [5, 5.41) is 2.98. The number of anilines is 1. The van der Waals surface area contributed by atoms with Crippen molar-refractivity contribution in [2.24, 2.45) is 0 Å². The third-order valence-corrected chi connectivity index (χ3v) is 4.45. The Morgan fingerprint density at radius 3 is 2.48 bits per heavy atom. The first-order chi connectivity index (χ1) is 13.1. The molecule has 5 nitrogen and oxygen atoms in total. The fourth-order valence-corrected chi connectivity index (χ4v) is 2.91. The van der Waals surface area contributed by atoms with Crippen LogP contribution in [0.3, 0.4) is 0 Å². The zero-order valence-corrected chi connectivity index (χ0v) is 15.7. The third-order valence-electron chi connectivity index (χ3n) is 4.45. The van der Waals surface area contributed by atoms with Crippen molar-refractivity contribution in [3.63, 3.8) is 0 Å². The van der Waals surface area contributed by atoms with Crippen LogP contribution < -0.4 is 14.8 Å². The molecule has 0 radical (unpaired) electrons. The summed E-state index contributed by atoms with van der Waals surface area (Å²) >= 11 is 0. The zero-order chi connectivity index (χ0) is 19.2. The fourth-order valence-electron chi connectivity index (χ4n) is 2.91. The molecule has 3 aromatic rings. The molecule has 5 heteroatoms. The molecule has 2 aromatic carbocycles. The second kappa shape index (κ2) is 8.45. The number of benzene rings is 2. The van der Waals surface area contributed by atoms with Crippen molar-refractivity contribution in [2.45, 2.75) is 19.3 Å². The van der Waals surface area contributed by atoms with Gasteiger partial charge in [0.05, 0.1) is 32.1 Å². The Balaban J connectivity index is 1.87. The maximum atomic E-state index is 13.1. The SMILES string of the molecule is COc1ccc(NC(=O)C(Cc2ccco2)c2ccc(C)cc2)c(OC)c1. The number of rotatable bonds is 7. The van der Waals surface area contributed by atoms with E-state index in [2.05, 4.69) is 5.32 Å². The number of nitrogens with one attached hydrogen (secondary N) is 1. The van der Waals surface area contributed by atoms with Crippen LogP contribution in [0.4, 0.5) is 5.69 Å². The topological polar surface area (TPSA) is 60.7 Å². The van der Waals surface area contributed by atoms with E-state index in [4.69, 9.17) is 13.9 Å². The first kappa shape index (κ1) is 18.6. The van der Waals surface area contributed by atoms with E-state index < -0.39 is 0 Å². The monoisotopic (exact) mass is 365 g/mol. The quantitative estimate of drug-likeness (QED) is 0.666. The summed E-state index contributed by atoms with van der Waals surface area (Å²) in [6, 6.07) is 17.0. The Labute approximate surface area is 158 Å². The van der Waals surface area contributed by atoms with Gasteiger partial charge >= 0.3 is 0 Å². The van der Waals surface area contributed by atoms with E-state index in [0.717, 1.165) is 16.9 Å². The molecule has 1 unspecified atom stereocenters. The van der Waals surface area contributed by atoms with E-state index in [-0.39, 0.29) is 11.8 Å². The van der Waals surface area contributed by atoms with Crippen LogP contribution in [0, 0.1) is 6.92 Å². The second-order valence-electron chi connectivity index (χ2n) is 6.30. The van der Waals surface area contributed by atoms with Crippen LogP contribution in [0.2, 0.25) is 0 Å². The molecule has 0 aliphatic heterocycles. The van der Waals surface area contributed by atoms with Gasteiger partial charge in [-0.2, -0.15) is 0 Å². The van der Waals surface area contributed by atoms with Crippen LogP contribution in [0.1, 0.15) is 22.8 Å². The fraction of sp³-hybridized carbons (Fsp3) is 0.227.